The van der Waals surface area contributed by atoms with Gasteiger partial charge in [-0.05, 0) is 31.0 Å². The van der Waals surface area contributed by atoms with Crippen molar-refractivity contribution in [1.29, 1.82) is 0 Å². The minimum absolute atomic E-state index is 0.135. The maximum absolute atomic E-state index is 12.6. The van der Waals surface area contributed by atoms with Crippen LogP contribution in [0.2, 0.25) is 5.02 Å². The van der Waals surface area contributed by atoms with Crippen LogP contribution in [-0.2, 0) is 11.2 Å². The second-order valence-corrected chi connectivity index (χ2v) is 9.81. The van der Waals surface area contributed by atoms with Gasteiger partial charge in [0, 0.05) is 16.0 Å². The van der Waals surface area contributed by atoms with Gasteiger partial charge in [0.15, 0.2) is 0 Å². The van der Waals surface area contributed by atoms with Gasteiger partial charge in [-0.25, -0.2) is 9.97 Å². The van der Waals surface area contributed by atoms with Crippen LogP contribution in [0.3, 0.4) is 0 Å². The van der Waals surface area contributed by atoms with Crippen LogP contribution in [0.5, 0.6) is 0 Å². The summed E-state index contributed by atoms with van der Waals surface area (Å²) in [7, 11) is 0. The number of nitrogens with one attached hydrogen (secondary N) is 1. The maximum Gasteiger partial charge on any atom is 0.239 e. The van der Waals surface area contributed by atoms with E-state index in [9.17, 15) is 4.79 Å². The van der Waals surface area contributed by atoms with Crippen LogP contribution in [0.25, 0.3) is 21.3 Å². The van der Waals surface area contributed by atoms with E-state index in [1.54, 1.807) is 11.3 Å². The molecule has 0 radical (unpaired) electrons. The van der Waals surface area contributed by atoms with Crippen molar-refractivity contribution in [3.8, 4) is 11.1 Å². The number of amides is 1. The molecule has 4 rings (SSSR count). The van der Waals surface area contributed by atoms with Gasteiger partial charge in [0.1, 0.15) is 21.2 Å². The van der Waals surface area contributed by atoms with E-state index in [0.29, 0.717) is 10.2 Å². The highest BCUT2D eigenvalue weighted by atomic mass is 35.5. The minimum Gasteiger partial charge on any atom is -0.300 e. The summed E-state index contributed by atoms with van der Waals surface area (Å²) in [5.41, 5.74) is 2.07. The van der Waals surface area contributed by atoms with Crippen molar-refractivity contribution in [2.24, 2.45) is 0 Å². The summed E-state index contributed by atoms with van der Waals surface area (Å²) in [6.07, 6.45) is 2.33. The second-order valence-electron chi connectivity index (χ2n) is 6.12. The average molecular weight is 462 g/mol. The Morgan fingerprint density at radius 3 is 2.76 bits per heavy atom. The molecule has 6 nitrogen and oxygen atoms in total. The fourth-order valence-electron chi connectivity index (χ4n) is 2.65. The number of rotatable bonds is 6. The lowest BCUT2D eigenvalue weighted by molar-refractivity contribution is -0.115. The van der Waals surface area contributed by atoms with Crippen molar-refractivity contribution in [2.75, 3.05) is 5.32 Å². The monoisotopic (exact) mass is 461 g/mol. The van der Waals surface area contributed by atoms with Crippen molar-refractivity contribution in [3.05, 3.63) is 46.0 Å². The number of carbonyl (C=O) groups is 1. The Hall–Kier alpha value is -2.07. The van der Waals surface area contributed by atoms with Gasteiger partial charge >= 0.3 is 0 Å². The van der Waals surface area contributed by atoms with Crippen LogP contribution >= 0.6 is 46.0 Å². The van der Waals surface area contributed by atoms with Gasteiger partial charge in [-0.2, -0.15) is 0 Å². The normalized spacial score (nSPS) is 12.2. The average Bonchev–Trinajstić information content (AvgIpc) is 3.36. The zero-order valence-electron chi connectivity index (χ0n) is 15.5. The Bertz CT molecular complexity index is 1160. The number of nitrogens with zero attached hydrogens (tertiary/aromatic N) is 4. The van der Waals surface area contributed by atoms with E-state index in [4.69, 9.17) is 11.6 Å². The van der Waals surface area contributed by atoms with E-state index >= 15 is 0 Å². The van der Waals surface area contributed by atoms with Gasteiger partial charge in [0.25, 0.3) is 0 Å². The number of fused-ring (bicyclic) bond motifs is 1. The summed E-state index contributed by atoms with van der Waals surface area (Å²) >= 11 is 10.4. The molecule has 3 aromatic heterocycles. The molecular weight excluding hydrogens is 446 g/mol. The van der Waals surface area contributed by atoms with E-state index in [1.807, 2.05) is 38.1 Å². The lowest BCUT2D eigenvalue weighted by Crippen LogP contribution is -2.22. The molecular formula is C19H16ClN5OS3. The lowest BCUT2D eigenvalue weighted by atomic mass is 10.1. The predicted octanol–water partition coefficient (Wildman–Crippen LogP) is 5.54. The topological polar surface area (TPSA) is 80.7 Å². The first-order valence-corrected chi connectivity index (χ1v) is 11.8. The summed E-state index contributed by atoms with van der Waals surface area (Å²) in [5, 5.41) is 16.4. The fourth-order valence-corrected chi connectivity index (χ4v) is 5.38. The Kier molecular flexibility index (Phi) is 6.09. The van der Waals surface area contributed by atoms with Crippen LogP contribution < -0.4 is 5.32 Å². The molecule has 10 heteroatoms. The zero-order valence-corrected chi connectivity index (χ0v) is 18.8. The highest BCUT2D eigenvalue weighted by Crippen LogP contribution is 2.39. The van der Waals surface area contributed by atoms with Crippen molar-refractivity contribution >= 4 is 67.3 Å². The highest BCUT2D eigenvalue weighted by Gasteiger charge is 2.21. The molecule has 0 saturated heterocycles. The number of carbonyl (C=O) groups excluding carboxylic acids is 1. The van der Waals surface area contributed by atoms with Gasteiger partial charge < -0.3 is 0 Å². The number of halogens is 1. The molecule has 1 N–H and O–H groups in total. The first-order valence-electron chi connectivity index (χ1n) is 8.83. The molecule has 0 aliphatic heterocycles. The van der Waals surface area contributed by atoms with Crippen LogP contribution in [0.4, 0.5) is 5.13 Å². The Morgan fingerprint density at radius 2 is 2.03 bits per heavy atom. The van der Waals surface area contributed by atoms with Crippen LogP contribution in [0.1, 0.15) is 18.9 Å². The third-order valence-electron chi connectivity index (χ3n) is 4.15. The van der Waals surface area contributed by atoms with Gasteiger partial charge in [-0.15, -0.1) is 21.5 Å². The molecule has 148 valence electrons. The Balaban J connectivity index is 1.59. The smallest absolute Gasteiger partial charge is 0.239 e. The van der Waals surface area contributed by atoms with E-state index in [1.165, 1.54) is 29.4 Å². The highest BCUT2D eigenvalue weighted by molar-refractivity contribution is 8.00. The van der Waals surface area contributed by atoms with Crippen molar-refractivity contribution < 1.29 is 4.79 Å². The van der Waals surface area contributed by atoms with Gasteiger partial charge in [-0.1, -0.05) is 53.8 Å². The maximum atomic E-state index is 12.6. The third kappa shape index (κ3) is 4.42. The molecule has 1 unspecified atom stereocenters. The van der Waals surface area contributed by atoms with Crippen molar-refractivity contribution in [1.82, 2.24) is 20.2 Å². The summed E-state index contributed by atoms with van der Waals surface area (Å²) in [5.74, 6) is -0.135. The van der Waals surface area contributed by atoms with Crippen LogP contribution in [0.15, 0.2) is 41.0 Å². The Labute approximate surface area is 184 Å². The summed E-state index contributed by atoms with van der Waals surface area (Å²) in [6.45, 7) is 3.86. The summed E-state index contributed by atoms with van der Waals surface area (Å²) < 4.78 is 0. The molecule has 1 aromatic carbocycles. The van der Waals surface area contributed by atoms with Crippen molar-refractivity contribution in [3.63, 3.8) is 0 Å². The van der Waals surface area contributed by atoms with Crippen LogP contribution in [-0.4, -0.2) is 31.3 Å². The molecule has 3 heterocycles. The van der Waals surface area contributed by atoms with E-state index in [-0.39, 0.29) is 11.2 Å². The summed E-state index contributed by atoms with van der Waals surface area (Å²) in [4.78, 5) is 22.4. The molecule has 1 amide bonds. The minimum atomic E-state index is -0.361. The second kappa shape index (κ2) is 8.74. The number of hydrogen-bond donors (Lipinski definition) is 1. The first kappa shape index (κ1) is 20.2. The van der Waals surface area contributed by atoms with E-state index < -0.39 is 0 Å². The molecule has 0 saturated carbocycles. The zero-order chi connectivity index (χ0) is 20.4. The molecule has 0 aliphatic rings. The number of anilines is 1. The molecule has 29 heavy (non-hydrogen) atoms. The number of aromatic nitrogens is 4. The number of hydrogen-bond acceptors (Lipinski definition) is 8. The largest absolute Gasteiger partial charge is 0.300 e. The number of thioether (sulfide) groups is 1. The Morgan fingerprint density at radius 1 is 1.24 bits per heavy atom. The van der Waals surface area contributed by atoms with E-state index in [2.05, 4.69) is 30.9 Å². The molecule has 0 bridgehead atoms. The quantitative estimate of drug-likeness (QED) is 0.299. The molecule has 1 atom stereocenters. The van der Waals surface area contributed by atoms with Crippen molar-refractivity contribution in [2.45, 2.75) is 30.5 Å². The SMILES string of the molecule is CCc1nnc(NC(=O)C(C)Sc2ncnc3scc(-c4ccc(Cl)cc4)c23)s1. The standard InChI is InChI=1S/C19H16ClN5OS3/c1-3-14-24-25-19(29-14)23-16(26)10(2)28-18-15-13(8-27-17(15)21-9-22-18)11-4-6-12(20)7-5-11/h4-10H,3H2,1-2H3,(H,23,25,26). The number of benzene rings is 1. The summed E-state index contributed by atoms with van der Waals surface area (Å²) in [6, 6.07) is 7.67. The van der Waals surface area contributed by atoms with E-state index in [0.717, 1.165) is 37.8 Å². The number of aryl methyl sites for hydroxylation is 1. The molecule has 0 spiro atoms. The first-order chi connectivity index (χ1) is 14.0. The molecule has 4 aromatic rings. The fraction of sp³-hybridized carbons (Fsp3) is 0.211. The third-order valence-corrected chi connectivity index (χ3v) is 7.37. The predicted molar refractivity (Wildman–Crippen MR) is 121 cm³/mol. The van der Waals surface area contributed by atoms with Gasteiger partial charge in [0.05, 0.1) is 10.6 Å². The van der Waals surface area contributed by atoms with Gasteiger partial charge in [-0.3, -0.25) is 10.1 Å². The van der Waals surface area contributed by atoms with Gasteiger partial charge in [0.2, 0.25) is 11.0 Å². The van der Waals surface area contributed by atoms with Crippen LogP contribution in [0, 0.1) is 0 Å². The number of thiophene rings is 1. The molecule has 0 aliphatic carbocycles. The lowest BCUT2D eigenvalue weighted by Gasteiger charge is -2.11. The molecule has 0 fully saturated rings.